The van der Waals surface area contributed by atoms with Crippen molar-refractivity contribution in [2.45, 2.75) is 56.9 Å². The predicted molar refractivity (Wildman–Crippen MR) is 72.4 cm³/mol. The van der Waals surface area contributed by atoms with E-state index in [0.717, 1.165) is 12.0 Å². The summed E-state index contributed by atoms with van der Waals surface area (Å²) in [5.74, 6) is 0.895. The number of hydrogen-bond donors (Lipinski definition) is 1. The van der Waals surface area contributed by atoms with E-state index in [0.29, 0.717) is 0 Å². The van der Waals surface area contributed by atoms with Gasteiger partial charge in [0.15, 0.2) is 0 Å². The first kappa shape index (κ1) is 11.3. The monoisotopic (exact) mass is 229 g/mol. The van der Waals surface area contributed by atoms with Gasteiger partial charge in [0.1, 0.15) is 0 Å². The molecule has 3 rings (SSSR count). The van der Waals surface area contributed by atoms with Gasteiger partial charge in [0, 0.05) is 6.04 Å². The Labute approximate surface area is 105 Å². The molecule has 0 atom stereocenters. The van der Waals surface area contributed by atoms with Crippen molar-refractivity contribution in [1.29, 1.82) is 0 Å². The Balaban J connectivity index is 1.39. The van der Waals surface area contributed by atoms with E-state index in [1.807, 2.05) is 0 Å². The summed E-state index contributed by atoms with van der Waals surface area (Å²) in [7, 11) is 0. The quantitative estimate of drug-likeness (QED) is 0.704. The molecule has 0 spiro atoms. The second-order valence-electron chi connectivity index (χ2n) is 5.70. The van der Waals surface area contributed by atoms with Gasteiger partial charge >= 0.3 is 0 Å². The second-order valence-corrected chi connectivity index (χ2v) is 5.70. The van der Waals surface area contributed by atoms with Crippen molar-refractivity contribution < 1.29 is 0 Å². The normalized spacial score (nSPS) is 19.5. The number of rotatable bonds is 7. The third kappa shape index (κ3) is 3.57. The molecular formula is C16H23N. The van der Waals surface area contributed by atoms with Crippen LogP contribution in [0.1, 0.15) is 55.6 Å². The van der Waals surface area contributed by atoms with E-state index in [1.54, 1.807) is 11.1 Å². The SMILES string of the molecule is c1cc(CCCCNC2CC2)cc(C2CC2)c1. The molecule has 2 aliphatic carbocycles. The molecule has 1 nitrogen and oxygen atoms in total. The van der Waals surface area contributed by atoms with E-state index < -0.39 is 0 Å². The summed E-state index contributed by atoms with van der Waals surface area (Å²) in [6.07, 6.45) is 9.54. The fourth-order valence-corrected chi connectivity index (χ4v) is 2.47. The highest BCUT2D eigenvalue weighted by molar-refractivity contribution is 5.29. The van der Waals surface area contributed by atoms with Crippen molar-refractivity contribution in [2.24, 2.45) is 0 Å². The van der Waals surface area contributed by atoms with Crippen LogP contribution < -0.4 is 5.32 Å². The van der Waals surface area contributed by atoms with Gasteiger partial charge in [0.25, 0.3) is 0 Å². The topological polar surface area (TPSA) is 12.0 Å². The molecule has 1 aromatic rings. The summed E-state index contributed by atoms with van der Waals surface area (Å²) in [6, 6.07) is 10.1. The molecule has 0 bridgehead atoms. The summed E-state index contributed by atoms with van der Waals surface area (Å²) in [5.41, 5.74) is 3.12. The molecule has 1 aromatic carbocycles. The third-order valence-electron chi connectivity index (χ3n) is 3.90. The zero-order chi connectivity index (χ0) is 11.5. The van der Waals surface area contributed by atoms with Crippen LogP contribution in [0.25, 0.3) is 0 Å². The van der Waals surface area contributed by atoms with E-state index in [-0.39, 0.29) is 0 Å². The molecule has 92 valence electrons. The molecule has 0 aromatic heterocycles. The number of nitrogens with one attached hydrogen (secondary N) is 1. The number of aryl methyl sites for hydroxylation is 1. The molecule has 0 unspecified atom stereocenters. The van der Waals surface area contributed by atoms with E-state index in [4.69, 9.17) is 0 Å². The average molecular weight is 229 g/mol. The van der Waals surface area contributed by atoms with Crippen LogP contribution in [0.15, 0.2) is 24.3 Å². The lowest BCUT2D eigenvalue weighted by molar-refractivity contribution is 0.619. The third-order valence-corrected chi connectivity index (χ3v) is 3.90. The Morgan fingerprint density at radius 2 is 1.94 bits per heavy atom. The fraction of sp³-hybridized carbons (Fsp3) is 0.625. The molecule has 2 saturated carbocycles. The smallest absolute Gasteiger partial charge is 0.00682 e. The van der Waals surface area contributed by atoms with Crippen LogP contribution in [0.4, 0.5) is 0 Å². The lowest BCUT2D eigenvalue weighted by atomic mass is 10.0. The predicted octanol–water partition coefficient (Wildman–Crippen LogP) is 3.64. The van der Waals surface area contributed by atoms with E-state index in [2.05, 4.69) is 29.6 Å². The molecule has 1 heteroatoms. The van der Waals surface area contributed by atoms with Crippen LogP contribution in [0.5, 0.6) is 0 Å². The molecular weight excluding hydrogens is 206 g/mol. The zero-order valence-electron chi connectivity index (χ0n) is 10.6. The Bertz CT molecular complexity index is 364. The first-order valence-electron chi connectivity index (χ1n) is 7.24. The number of unbranched alkanes of at least 4 members (excludes halogenated alkanes) is 1. The molecule has 1 N–H and O–H groups in total. The Kier molecular flexibility index (Phi) is 3.46. The minimum absolute atomic E-state index is 0.869. The highest BCUT2D eigenvalue weighted by atomic mass is 14.9. The highest BCUT2D eigenvalue weighted by Crippen LogP contribution is 2.40. The van der Waals surface area contributed by atoms with Gasteiger partial charge in [-0.25, -0.2) is 0 Å². The molecule has 0 heterocycles. The first-order valence-corrected chi connectivity index (χ1v) is 7.24. The van der Waals surface area contributed by atoms with E-state index in [9.17, 15) is 0 Å². The Hall–Kier alpha value is -0.820. The molecule has 0 radical (unpaired) electrons. The maximum Gasteiger partial charge on any atom is 0.00682 e. The van der Waals surface area contributed by atoms with Crippen LogP contribution in [0.2, 0.25) is 0 Å². The van der Waals surface area contributed by atoms with Gasteiger partial charge in [0.2, 0.25) is 0 Å². The van der Waals surface area contributed by atoms with Crippen LogP contribution in [0.3, 0.4) is 0 Å². The van der Waals surface area contributed by atoms with Crippen LogP contribution in [0, 0.1) is 0 Å². The van der Waals surface area contributed by atoms with Gasteiger partial charge in [-0.05, 0) is 68.5 Å². The lowest BCUT2D eigenvalue weighted by Gasteiger charge is -2.05. The van der Waals surface area contributed by atoms with Gasteiger partial charge in [0.05, 0.1) is 0 Å². The van der Waals surface area contributed by atoms with Gasteiger partial charge < -0.3 is 5.32 Å². The summed E-state index contributed by atoms with van der Waals surface area (Å²) >= 11 is 0. The lowest BCUT2D eigenvalue weighted by Crippen LogP contribution is -2.17. The summed E-state index contributed by atoms with van der Waals surface area (Å²) < 4.78 is 0. The highest BCUT2D eigenvalue weighted by Gasteiger charge is 2.23. The molecule has 2 fully saturated rings. The van der Waals surface area contributed by atoms with Crippen molar-refractivity contribution in [3.8, 4) is 0 Å². The standard InChI is InChI=1S/C16H23N/c1(2-11-17-16-9-10-16)4-13-5-3-6-15(12-13)14-7-8-14/h3,5-6,12,14,16-17H,1-2,4,7-11H2. The van der Waals surface area contributed by atoms with E-state index >= 15 is 0 Å². The van der Waals surface area contributed by atoms with Crippen LogP contribution in [-0.2, 0) is 6.42 Å². The van der Waals surface area contributed by atoms with Gasteiger partial charge in [-0.1, -0.05) is 24.3 Å². The molecule has 0 aliphatic heterocycles. The Morgan fingerprint density at radius 3 is 2.71 bits per heavy atom. The van der Waals surface area contributed by atoms with Crippen molar-refractivity contribution in [1.82, 2.24) is 5.32 Å². The van der Waals surface area contributed by atoms with Gasteiger partial charge in [-0.2, -0.15) is 0 Å². The van der Waals surface area contributed by atoms with Crippen molar-refractivity contribution in [3.63, 3.8) is 0 Å². The average Bonchev–Trinajstić information content (AvgIpc) is 3.22. The molecule has 17 heavy (non-hydrogen) atoms. The molecule has 0 saturated heterocycles. The maximum atomic E-state index is 3.58. The van der Waals surface area contributed by atoms with Crippen LogP contribution in [-0.4, -0.2) is 12.6 Å². The first-order chi connectivity index (χ1) is 8.42. The summed E-state index contributed by atoms with van der Waals surface area (Å²) in [4.78, 5) is 0. The minimum Gasteiger partial charge on any atom is -0.314 e. The summed E-state index contributed by atoms with van der Waals surface area (Å²) in [5, 5.41) is 3.58. The minimum atomic E-state index is 0.869. The maximum absolute atomic E-state index is 3.58. The van der Waals surface area contributed by atoms with Crippen molar-refractivity contribution in [2.75, 3.05) is 6.54 Å². The largest absolute Gasteiger partial charge is 0.314 e. The van der Waals surface area contributed by atoms with Crippen molar-refractivity contribution in [3.05, 3.63) is 35.4 Å². The van der Waals surface area contributed by atoms with Crippen molar-refractivity contribution >= 4 is 0 Å². The number of benzene rings is 1. The van der Waals surface area contributed by atoms with Gasteiger partial charge in [-0.3, -0.25) is 0 Å². The second kappa shape index (κ2) is 5.22. The zero-order valence-corrected chi connectivity index (χ0v) is 10.6. The Morgan fingerprint density at radius 1 is 1.06 bits per heavy atom. The summed E-state index contributed by atoms with van der Waals surface area (Å²) in [6.45, 7) is 1.22. The van der Waals surface area contributed by atoms with Gasteiger partial charge in [-0.15, -0.1) is 0 Å². The van der Waals surface area contributed by atoms with E-state index in [1.165, 1.54) is 51.5 Å². The molecule has 0 amide bonds. The fourth-order valence-electron chi connectivity index (χ4n) is 2.47. The van der Waals surface area contributed by atoms with Crippen LogP contribution >= 0.6 is 0 Å². The molecule has 2 aliphatic rings. The number of hydrogen-bond acceptors (Lipinski definition) is 1.